The van der Waals surface area contributed by atoms with Gasteiger partial charge in [0.2, 0.25) is 0 Å². The SMILES string of the molecule is CCN(C(=O)c1ccc(N(C)CCc2ccncc2)cn1)c1ccccc1. The Kier molecular flexibility index (Phi) is 6.15. The lowest BCUT2D eigenvalue weighted by atomic mass is 10.2. The van der Waals surface area contributed by atoms with Crippen molar-refractivity contribution in [1.82, 2.24) is 9.97 Å². The van der Waals surface area contributed by atoms with E-state index in [1.54, 1.807) is 17.2 Å². The third-order valence-electron chi connectivity index (χ3n) is 4.52. The quantitative estimate of drug-likeness (QED) is 0.643. The van der Waals surface area contributed by atoms with Crippen LogP contribution in [0.5, 0.6) is 0 Å². The number of amides is 1. The van der Waals surface area contributed by atoms with Crippen molar-refractivity contribution in [2.45, 2.75) is 13.3 Å². The van der Waals surface area contributed by atoms with E-state index in [0.717, 1.165) is 24.3 Å². The van der Waals surface area contributed by atoms with Gasteiger partial charge < -0.3 is 9.80 Å². The summed E-state index contributed by atoms with van der Waals surface area (Å²) in [5, 5.41) is 0. The average molecular weight is 360 g/mol. The monoisotopic (exact) mass is 360 g/mol. The maximum atomic E-state index is 12.8. The fourth-order valence-electron chi connectivity index (χ4n) is 2.90. The van der Waals surface area contributed by atoms with Crippen LogP contribution in [0.2, 0.25) is 0 Å². The molecule has 138 valence electrons. The Bertz CT molecular complexity index is 851. The number of hydrogen-bond donors (Lipinski definition) is 0. The van der Waals surface area contributed by atoms with Crippen molar-refractivity contribution in [3.63, 3.8) is 0 Å². The molecule has 5 nitrogen and oxygen atoms in total. The first-order chi connectivity index (χ1) is 13.2. The number of para-hydroxylation sites is 1. The summed E-state index contributed by atoms with van der Waals surface area (Å²) in [6.07, 6.45) is 6.31. The van der Waals surface area contributed by atoms with Crippen LogP contribution in [0, 0.1) is 0 Å². The van der Waals surface area contributed by atoms with E-state index in [0.29, 0.717) is 12.2 Å². The van der Waals surface area contributed by atoms with Crippen LogP contribution < -0.4 is 9.80 Å². The molecule has 0 aliphatic carbocycles. The van der Waals surface area contributed by atoms with Gasteiger partial charge in [-0.25, -0.2) is 4.98 Å². The van der Waals surface area contributed by atoms with Gasteiger partial charge in [-0.3, -0.25) is 9.78 Å². The topological polar surface area (TPSA) is 49.3 Å². The summed E-state index contributed by atoms with van der Waals surface area (Å²) in [6, 6.07) is 17.5. The lowest BCUT2D eigenvalue weighted by molar-refractivity contribution is 0.0983. The minimum Gasteiger partial charge on any atom is -0.373 e. The molecule has 0 saturated carbocycles. The highest BCUT2D eigenvalue weighted by Gasteiger charge is 2.17. The zero-order valence-corrected chi connectivity index (χ0v) is 15.7. The molecule has 3 aromatic rings. The molecule has 2 aromatic heterocycles. The molecule has 5 heteroatoms. The van der Waals surface area contributed by atoms with Crippen LogP contribution in [0.3, 0.4) is 0 Å². The molecule has 0 bridgehead atoms. The van der Waals surface area contributed by atoms with Gasteiger partial charge in [0.1, 0.15) is 5.69 Å². The van der Waals surface area contributed by atoms with Crippen molar-refractivity contribution < 1.29 is 4.79 Å². The van der Waals surface area contributed by atoms with Crippen molar-refractivity contribution in [2.75, 3.05) is 29.9 Å². The van der Waals surface area contributed by atoms with Gasteiger partial charge in [-0.05, 0) is 55.3 Å². The standard InChI is InChI=1S/C22H24N4O/c1-3-26(19-7-5-4-6-8-19)22(27)21-10-9-20(17-24-21)25(2)16-13-18-11-14-23-15-12-18/h4-12,14-15,17H,3,13,16H2,1-2H3. The second-order valence-electron chi connectivity index (χ2n) is 6.31. The Balaban J connectivity index is 1.66. The highest BCUT2D eigenvalue weighted by molar-refractivity contribution is 6.04. The highest BCUT2D eigenvalue weighted by Crippen LogP contribution is 2.18. The summed E-state index contributed by atoms with van der Waals surface area (Å²) < 4.78 is 0. The predicted molar refractivity (Wildman–Crippen MR) is 109 cm³/mol. The molecular formula is C22H24N4O. The number of pyridine rings is 2. The molecule has 0 aliphatic heterocycles. The van der Waals surface area contributed by atoms with Gasteiger partial charge >= 0.3 is 0 Å². The maximum Gasteiger partial charge on any atom is 0.276 e. The van der Waals surface area contributed by atoms with Crippen molar-refractivity contribution in [3.8, 4) is 0 Å². The molecular weight excluding hydrogens is 336 g/mol. The van der Waals surface area contributed by atoms with Crippen molar-refractivity contribution in [3.05, 3.63) is 84.4 Å². The van der Waals surface area contributed by atoms with E-state index in [4.69, 9.17) is 0 Å². The van der Waals surface area contributed by atoms with Crippen molar-refractivity contribution >= 4 is 17.3 Å². The van der Waals surface area contributed by atoms with Crippen LogP contribution in [0.4, 0.5) is 11.4 Å². The molecule has 0 atom stereocenters. The molecule has 0 spiro atoms. The summed E-state index contributed by atoms with van der Waals surface area (Å²) in [5.41, 5.74) is 3.57. The third kappa shape index (κ3) is 4.70. The Labute approximate surface area is 160 Å². The first-order valence-electron chi connectivity index (χ1n) is 9.12. The summed E-state index contributed by atoms with van der Waals surface area (Å²) in [6.45, 7) is 3.42. The second kappa shape index (κ2) is 8.94. The second-order valence-corrected chi connectivity index (χ2v) is 6.31. The van der Waals surface area contributed by atoms with E-state index in [9.17, 15) is 4.79 Å². The molecule has 1 amide bonds. The predicted octanol–water partition coefficient (Wildman–Crippen LogP) is 3.82. The van der Waals surface area contributed by atoms with Crippen LogP contribution >= 0.6 is 0 Å². The largest absolute Gasteiger partial charge is 0.373 e. The fourth-order valence-corrected chi connectivity index (χ4v) is 2.90. The molecule has 0 saturated heterocycles. The van der Waals surface area contributed by atoms with Gasteiger partial charge in [0.05, 0.1) is 11.9 Å². The normalized spacial score (nSPS) is 10.4. The molecule has 0 N–H and O–H groups in total. The minimum absolute atomic E-state index is 0.0883. The lowest BCUT2D eigenvalue weighted by Crippen LogP contribution is -2.31. The van der Waals surface area contributed by atoms with Gasteiger partial charge in [0.15, 0.2) is 0 Å². The van der Waals surface area contributed by atoms with Crippen LogP contribution in [-0.2, 0) is 6.42 Å². The molecule has 27 heavy (non-hydrogen) atoms. The first-order valence-corrected chi connectivity index (χ1v) is 9.12. The lowest BCUT2D eigenvalue weighted by Gasteiger charge is -2.22. The molecule has 1 aromatic carbocycles. The van der Waals surface area contributed by atoms with E-state index in [-0.39, 0.29) is 5.91 Å². The van der Waals surface area contributed by atoms with E-state index in [1.165, 1.54) is 5.56 Å². The molecule has 0 radical (unpaired) electrons. The molecule has 0 unspecified atom stereocenters. The molecule has 2 heterocycles. The van der Waals surface area contributed by atoms with Crippen molar-refractivity contribution in [2.24, 2.45) is 0 Å². The third-order valence-corrected chi connectivity index (χ3v) is 4.52. The van der Waals surface area contributed by atoms with Crippen LogP contribution in [0.15, 0.2) is 73.2 Å². The minimum atomic E-state index is -0.0883. The smallest absolute Gasteiger partial charge is 0.276 e. The summed E-state index contributed by atoms with van der Waals surface area (Å²) in [7, 11) is 2.03. The van der Waals surface area contributed by atoms with E-state index in [1.807, 2.05) is 74.9 Å². The summed E-state index contributed by atoms with van der Waals surface area (Å²) in [5.74, 6) is -0.0883. The molecule has 3 rings (SSSR count). The van der Waals surface area contributed by atoms with E-state index < -0.39 is 0 Å². The number of aromatic nitrogens is 2. The Morgan fingerprint density at radius 2 is 1.70 bits per heavy atom. The van der Waals surface area contributed by atoms with Crippen molar-refractivity contribution in [1.29, 1.82) is 0 Å². The summed E-state index contributed by atoms with van der Waals surface area (Å²) in [4.78, 5) is 25.1. The number of benzene rings is 1. The van der Waals surface area contributed by atoms with Gasteiger partial charge in [-0.1, -0.05) is 18.2 Å². The first kappa shape index (κ1) is 18.6. The van der Waals surface area contributed by atoms with Gasteiger partial charge in [-0.15, -0.1) is 0 Å². The van der Waals surface area contributed by atoms with Gasteiger partial charge in [-0.2, -0.15) is 0 Å². The number of carbonyl (C=O) groups excluding carboxylic acids is 1. The maximum absolute atomic E-state index is 12.8. The van der Waals surface area contributed by atoms with Crippen LogP contribution in [-0.4, -0.2) is 36.0 Å². The zero-order valence-electron chi connectivity index (χ0n) is 15.7. The summed E-state index contributed by atoms with van der Waals surface area (Å²) >= 11 is 0. The number of nitrogens with zero attached hydrogens (tertiary/aromatic N) is 4. The molecule has 0 fully saturated rings. The van der Waals surface area contributed by atoms with E-state index in [2.05, 4.69) is 14.9 Å². The van der Waals surface area contributed by atoms with Crippen LogP contribution in [0.25, 0.3) is 0 Å². The number of anilines is 2. The molecule has 0 aliphatic rings. The Morgan fingerprint density at radius 3 is 2.33 bits per heavy atom. The average Bonchev–Trinajstić information content (AvgIpc) is 2.74. The van der Waals surface area contributed by atoms with Gasteiger partial charge in [0, 0.05) is 38.2 Å². The van der Waals surface area contributed by atoms with Crippen LogP contribution in [0.1, 0.15) is 23.0 Å². The Morgan fingerprint density at radius 1 is 0.963 bits per heavy atom. The Hall–Kier alpha value is -3.21. The highest BCUT2D eigenvalue weighted by atomic mass is 16.2. The van der Waals surface area contributed by atoms with E-state index >= 15 is 0 Å². The zero-order chi connectivity index (χ0) is 19.1. The van der Waals surface area contributed by atoms with Gasteiger partial charge in [0.25, 0.3) is 5.91 Å². The number of rotatable bonds is 7. The number of likely N-dealkylation sites (N-methyl/N-ethyl adjacent to an activating group) is 1. The number of hydrogen-bond acceptors (Lipinski definition) is 4. The fraction of sp³-hybridized carbons (Fsp3) is 0.227. The number of carbonyl (C=O) groups is 1.